The SMILES string of the molecule is [C-]#[N+]/C(C#N)=C1C=C(/C=C/c2cc3c4c(c2)C(C)(C)CCN4CCC3(C)C)CSC/1. The van der Waals surface area contributed by atoms with Gasteiger partial charge in [0.25, 0.3) is 5.70 Å². The lowest BCUT2D eigenvalue weighted by Crippen LogP contribution is -2.44. The van der Waals surface area contributed by atoms with Gasteiger partial charge in [-0.05, 0) is 63.6 Å². The van der Waals surface area contributed by atoms with Crippen LogP contribution in [0.25, 0.3) is 10.9 Å². The molecule has 4 heteroatoms. The van der Waals surface area contributed by atoms with Crippen molar-refractivity contribution >= 4 is 23.5 Å². The van der Waals surface area contributed by atoms with E-state index in [4.69, 9.17) is 6.57 Å². The molecule has 154 valence electrons. The zero-order valence-corrected chi connectivity index (χ0v) is 19.2. The van der Waals surface area contributed by atoms with Gasteiger partial charge in [0.05, 0.1) is 12.6 Å². The highest BCUT2D eigenvalue weighted by Crippen LogP contribution is 2.49. The van der Waals surface area contributed by atoms with Crippen molar-refractivity contribution in [1.29, 1.82) is 5.26 Å². The summed E-state index contributed by atoms with van der Waals surface area (Å²) in [6, 6.07) is 6.80. The second-order valence-corrected chi connectivity index (χ2v) is 10.8. The van der Waals surface area contributed by atoms with Crippen LogP contribution in [-0.2, 0) is 10.8 Å². The molecule has 0 aromatic heterocycles. The Labute approximate surface area is 185 Å². The molecule has 0 bridgehead atoms. The van der Waals surface area contributed by atoms with Gasteiger partial charge in [0.15, 0.2) is 0 Å². The Bertz CT molecular complexity index is 1000. The number of hydrogen-bond acceptors (Lipinski definition) is 3. The molecule has 0 aliphatic carbocycles. The molecule has 4 rings (SSSR count). The molecule has 3 aliphatic rings. The topological polar surface area (TPSA) is 31.4 Å². The van der Waals surface area contributed by atoms with Crippen molar-refractivity contribution < 1.29 is 0 Å². The van der Waals surface area contributed by atoms with E-state index in [1.165, 1.54) is 40.8 Å². The number of allylic oxidation sites excluding steroid dienone is 3. The normalized spacial score (nSPS) is 23.3. The fraction of sp³-hybridized carbons (Fsp3) is 0.462. The maximum Gasteiger partial charge on any atom is 0.265 e. The lowest BCUT2D eigenvalue weighted by molar-refractivity contribution is 0.401. The lowest BCUT2D eigenvalue weighted by Gasteiger charge is -2.48. The van der Waals surface area contributed by atoms with Crippen molar-refractivity contribution in [2.24, 2.45) is 0 Å². The van der Waals surface area contributed by atoms with Crippen LogP contribution < -0.4 is 4.90 Å². The predicted octanol–water partition coefficient (Wildman–Crippen LogP) is 6.24. The highest BCUT2D eigenvalue weighted by atomic mass is 32.2. The maximum absolute atomic E-state index is 9.19. The number of hydrogen-bond donors (Lipinski definition) is 0. The molecule has 0 unspecified atom stereocenters. The van der Waals surface area contributed by atoms with Crippen LogP contribution in [0.4, 0.5) is 5.69 Å². The van der Waals surface area contributed by atoms with E-state index >= 15 is 0 Å². The van der Waals surface area contributed by atoms with Crippen molar-refractivity contribution in [3.05, 3.63) is 69.2 Å². The minimum absolute atomic E-state index is 0.186. The molecule has 1 aromatic carbocycles. The summed E-state index contributed by atoms with van der Waals surface area (Å²) in [5, 5.41) is 9.19. The van der Waals surface area contributed by atoms with E-state index in [0.29, 0.717) is 0 Å². The van der Waals surface area contributed by atoms with Gasteiger partial charge in [-0.1, -0.05) is 45.9 Å². The molecule has 0 fully saturated rings. The number of thioether (sulfide) groups is 1. The average Bonchev–Trinajstić information content (AvgIpc) is 2.72. The smallest absolute Gasteiger partial charge is 0.265 e. The van der Waals surface area contributed by atoms with Gasteiger partial charge in [0, 0.05) is 30.3 Å². The predicted molar refractivity (Wildman–Crippen MR) is 128 cm³/mol. The quantitative estimate of drug-likeness (QED) is 0.423. The first-order chi connectivity index (χ1) is 14.2. The van der Waals surface area contributed by atoms with Gasteiger partial charge in [0.2, 0.25) is 0 Å². The zero-order valence-electron chi connectivity index (χ0n) is 18.4. The molecule has 3 nitrogen and oxygen atoms in total. The fourth-order valence-electron chi connectivity index (χ4n) is 4.75. The van der Waals surface area contributed by atoms with Gasteiger partial charge in [-0.3, -0.25) is 0 Å². The van der Waals surface area contributed by atoms with E-state index in [0.717, 1.165) is 30.2 Å². The fourth-order valence-corrected chi connectivity index (χ4v) is 5.71. The molecular weight excluding hydrogens is 386 g/mol. The van der Waals surface area contributed by atoms with Gasteiger partial charge < -0.3 is 4.90 Å². The molecule has 0 N–H and O–H groups in total. The first-order valence-corrected chi connectivity index (χ1v) is 11.8. The van der Waals surface area contributed by atoms with Crippen LogP contribution in [0.1, 0.15) is 57.2 Å². The Balaban J connectivity index is 1.76. The monoisotopic (exact) mass is 415 g/mol. The van der Waals surface area contributed by atoms with Crippen LogP contribution >= 0.6 is 11.8 Å². The van der Waals surface area contributed by atoms with Gasteiger partial charge in [0.1, 0.15) is 0 Å². The Morgan fingerprint density at radius 2 is 1.73 bits per heavy atom. The summed E-state index contributed by atoms with van der Waals surface area (Å²) in [6.45, 7) is 19.0. The van der Waals surface area contributed by atoms with Crippen molar-refractivity contribution in [2.45, 2.75) is 51.4 Å². The van der Waals surface area contributed by atoms with Crippen molar-refractivity contribution in [3.8, 4) is 6.07 Å². The number of anilines is 1. The summed E-state index contributed by atoms with van der Waals surface area (Å²) >= 11 is 1.77. The van der Waals surface area contributed by atoms with Crippen LogP contribution in [0.2, 0.25) is 0 Å². The van der Waals surface area contributed by atoms with Crippen molar-refractivity contribution in [1.82, 2.24) is 0 Å². The number of rotatable bonds is 2. The zero-order chi connectivity index (χ0) is 21.5. The highest BCUT2D eigenvalue weighted by molar-refractivity contribution is 7.99. The van der Waals surface area contributed by atoms with Crippen molar-refractivity contribution in [3.63, 3.8) is 0 Å². The number of benzene rings is 1. The molecule has 0 saturated carbocycles. The largest absolute Gasteiger partial charge is 0.371 e. The van der Waals surface area contributed by atoms with E-state index in [-0.39, 0.29) is 16.5 Å². The molecule has 3 aliphatic heterocycles. The van der Waals surface area contributed by atoms with Crippen LogP contribution in [0.5, 0.6) is 0 Å². The first kappa shape index (κ1) is 20.8. The molecule has 3 heterocycles. The molecule has 30 heavy (non-hydrogen) atoms. The standard InChI is InChI=1S/C26H29N3S/c1-25(2)8-10-29-11-9-26(3,4)22-14-18(13-21(25)24(22)29)6-7-19-12-20(17-30-16-19)23(15-27)28-5/h6-7,12-14H,8-11,16-17H2,1-4H3/b7-6+,23-20-. The number of nitriles is 1. The summed E-state index contributed by atoms with van der Waals surface area (Å²) in [6.07, 6.45) is 8.80. The molecular formula is C26H29N3S. The maximum atomic E-state index is 9.19. The summed E-state index contributed by atoms with van der Waals surface area (Å²) in [4.78, 5) is 5.98. The van der Waals surface area contributed by atoms with Gasteiger partial charge in [-0.25, -0.2) is 10.1 Å². The Morgan fingerprint density at radius 3 is 2.30 bits per heavy atom. The Morgan fingerprint density at radius 1 is 1.10 bits per heavy atom. The summed E-state index contributed by atoms with van der Waals surface area (Å²) in [5.74, 6) is 1.66. The van der Waals surface area contributed by atoms with Crippen molar-refractivity contribution in [2.75, 3.05) is 29.5 Å². The minimum atomic E-state index is 0.186. The second kappa shape index (κ2) is 7.68. The van der Waals surface area contributed by atoms with Gasteiger partial charge >= 0.3 is 0 Å². The van der Waals surface area contributed by atoms with E-state index in [1.54, 1.807) is 11.8 Å². The van der Waals surface area contributed by atoms with E-state index in [2.05, 4.69) is 61.7 Å². The highest BCUT2D eigenvalue weighted by Gasteiger charge is 2.39. The molecule has 0 atom stereocenters. The molecule has 1 aromatic rings. The Hall–Kier alpha value is -2.43. The van der Waals surface area contributed by atoms with Crippen LogP contribution in [0, 0.1) is 17.9 Å². The van der Waals surface area contributed by atoms with Crippen LogP contribution in [-0.4, -0.2) is 24.6 Å². The molecule has 0 radical (unpaired) electrons. The van der Waals surface area contributed by atoms with E-state index in [9.17, 15) is 5.26 Å². The third kappa shape index (κ3) is 3.70. The first-order valence-electron chi connectivity index (χ1n) is 10.7. The lowest BCUT2D eigenvalue weighted by atomic mass is 9.69. The molecule has 0 saturated heterocycles. The van der Waals surface area contributed by atoms with Crippen LogP contribution in [0.15, 0.2) is 41.1 Å². The van der Waals surface area contributed by atoms with E-state index in [1.807, 2.05) is 12.1 Å². The number of nitrogens with zero attached hydrogens (tertiary/aromatic N) is 3. The third-order valence-corrected chi connectivity index (χ3v) is 7.87. The second-order valence-electron chi connectivity index (χ2n) is 9.86. The average molecular weight is 416 g/mol. The van der Waals surface area contributed by atoms with Gasteiger partial charge in [-0.15, -0.1) is 0 Å². The summed E-state index contributed by atoms with van der Waals surface area (Å²) < 4.78 is 0. The minimum Gasteiger partial charge on any atom is -0.371 e. The summed E-state index contributed by atoms with van der Waals surface area (Å²) in [7, 11) is 0. The van der Waals surface area contributed by atoms with Crippen LogP contribution in [0.3, 0.4) is 0 Å². The van der Waals surface area contributed by atoms with E-state index < -0.39 is 0 Å². The Kier molecular flexibility index (Phi) is 5.33. The summed E-state index contributed by atoms with van der Waals surface area (Å²) in [5.41, 5.74) is 8.29. The molecule has 0 spiro atoms. The third-order valence-electron chi connectivity index (χ3n) is 6.82. The van der Waals surface area contributed by atoms with Gasteiger partial charge in [-0.2, -0.15) is 11.8 Å². The molecule has 0 amide bonds.